The number of phosphoric ester groups is 1. The van der Waals surface area contributed by atoms with Crippen LogP contribution in [0.4, 0.5) is 0 Å². The van der Waals surface area contributed by atoms with Crippen LogP contribution in [0.3, 0.4) is 0 Å². The van der Waals surface area contributed by atoms with Gasteiger partial charge in [0.2, 0.25) is 29.5 Å². The standard InChI is InChI=1S/C26H40N5O11P/c1-13(2)10-18(23(27)35)29-26(38)22(14(3)4)31-25(37)20(12-21(33)34)30-24(36)19(28-15(5)32)11-16-6-8-17(9-7-16)42-43(39,40)41/h6-9,13-14,18-20,22H,10-12H2,1-5H3,(H2,27,35)(H,28,32)(H,29,38)(H,30,36)(H,31,37)(H,33,34)(H2,39,40,41)/t18-,19-,20-,22-/m0/s1. The highest BCUT2D eigenvalue weighted by molar-refractivity contribution is 7.46. The summed E-state index contributed by atoms with van der Waals surface area (Å²) in [7, 11) is -4.80. The highest BCUT2D eigenvalue weighted by Gasteiger charge is 2.33. The molecule has 1 aromatic carbocycles. The summed E-state index contributed by atoms with van der Waals surface area (Å²) in [5.41, 5.74) is 5.82. The maximum atomic E-state index is 13.2. The van der Waals surface area contributed by atoms with E-state index in [0.29, 0.717) is 5.56 Å². The van der Waals surface area contributed by atoms with Gasteiger partial charge >= 0.3 is 13.8 Å². The molecule has 0 bridgehead atoms. The lowest BCUT2D eigenvalue weighted by Crippen LogP contribution is -2.59. The number of carbonyl (C=O) groups excluding carboxylic acids is 5. The largest absolute Gasteiger partial charge is 0.524 e. The number of nitrogens with one attached hydrogen (secondary N) is 4. The zero-order valence-corrected chi connectivity index (χ0v) is 25.4. The Labute approximate surface area is 248 Å². The van der Waals surface area contributed by atoms with Crippen molar-refractivity contribution in [2.24, 2.45) is 17.6 Å². The molecule has 0 aromatic heterocycles. The Hall–Kier alpha value is -4.01. The van der Waals surface area contributed by atoms with E-state index in [2.05, 4.69) is 25.8 Å². The first kappa shape index (κ1) is 37.0. The molecule has 240 valence electrons. The maximum absolute atomic E-state index is 13.2. The summed E-state index contributed by atoms with van der Waals surface area (Å²) in [4.78, 5) is 92.3. The molecular weight excluding hydrogens is 589 g/mol. The SMILES string of the molecule is CC(=O)N[C@@H](Cc1ccc(OP(=O)(O)O)cc1)C(=O)N[C@@H](CC(=O)O)C(=O)N[C@H](C(=O)N[C@@H](CC(C)C)C(N)=O)C(C)C. The zero-order valence-electron chi connectivity index (χ0n) is 24.5. The van der Waals surface area contributed by atoms with Gasteiger partial charge in [-0.25, -0.2) is 4.57 Å². The Morgan fingerprint density at radius 1 is 0.837 bits per heavy atom. The van der Waals surface area contributed by atoms with Crippen LogP contribution in [0.5, 0.6) is 5.75 Å². The number of hydrogen-bond acceptors (Lipinski definition) is 8. The molecular formula is C26H40N5O11P. The predicted octanol–water partition coefficient (Wildman–Crippen LogP) is -0.678. The molecule has 17 heteroatoms. The molecule has 1 rings (SSSR count). The number of rotatable bonds is 17. The van der Waals surface area contributed by atoms with E-state index >= 15 is 0 Å². The van der Waals surface area contributed by atoms with Crippen molar-refractivity contribution in [1.29, 1.82) is 0 Å². The number of aliphatic carboxylic acids is 1. The quantitative estimate of drug-likeness (QED) is 0.100. The summed E-state index contributed by atoms with van der Waals surface area (Å²) in [6, 6.07) is 0.0878. The van der Waals surface area contributed by atoms with Crippen LogP contribution in [0.1, 0.15) is 53.0 Å². The molecule has 43 heavy (non-hydrogen) atoms. The van der Waals surface area contributed by atoms with E-state index in [1.165, 1.54) is 24.3 Å². The predicted molar refractivity (Wildman–Crippen MR) is 152 cm³/mol. The zero-order chi connectivity index (χ0) is 33.1. The fourth-order valence-corrected chi connectivity index (χ4v) is 4.33. The number of amides is 5. The van der Waals surface area contributed by atoms with E-state index in [0.717, 1.165) is 6.92 Å². The van der Waals surface area contributed by atoms with E-state index in [1.54, 1.807) is 13.8 Å². The molecule has 5 amide bonds. The summed E-state index contributed by atoms with van der Waals surface area (Å²) in [5, 5.41) is 19.0. The molecule has 0 unspecified atom stereocenters. The Morgan fingerprint density at radius 2 is 1.37 bits per heavy atom. The number of benzene rings is 1. The summed E-state index contributed by atoms with van der Waals surface area (Å²) < 4.78 is 15.5. The second kappa shape index (κ2) is 16.6. The highest BCUT2D eigenvalue weighted by Crippen LogP contribution is 2.37. The second-order valence-electron chi connectivity index (χ2n) is 10.7. The molecule has 0 fully saturated rings. The molecule has 4 atom stereocenters. The average Bonchev–Trinajstić information content (AvgIpc) is 2.84. The summed E-state index contributed by atoms with van der Waals surface area (Å²) in [6.45, 7) is 8.02. The van der Waals surface area contributed by atoms with Crippen LogP contribution in [0.25, 0.3) is 0 Å². The van der Waals surface area contributed by atoms with E-state index in [4.69, 9.17) is 15.5 Å². The van der Waals surface area contributed by atoms with Crippen molar-refractivity contribution in [1.82, 2.24) is 21.3 Å². The number of carboxylic acid groups (broad SMARTS) is 1. The van der Waals surface area contributed by atoms with E-state index in [-0.39, 0.29) is 24.5 Å². The third-order valence-electron chi connectivity index (χ3n) is 5.91. The molecule has 0 aliphatic heterocycles. The van der Waals surface area contributed by atoms with Gasteiger partial charge in [-0.3, -0.25) is 38.6 Å². The monoisotopic (exact) mass is 629 g/mol. The Morgan fingerprint density at radius 3 is 1.81 bits per heavy atom. The minimum Gasteiger partial charge on any atom is -0.481 e. The molecule has 0 aliphatic rings. The van der Waals surface area contributed by atoms with Crippen molar-refractivity contribution >= 4 is 43.3 Å². The van der Waals surface area contributed by atoms with Crippen molar-refractivity contribution in [2.45, 2.75) is 78.0 Å². The van der Waals surface area contributed by atoms with Gasteiger partial charge in [-0.15, -0.1) is 0 Å². The van der Waals surface area contributed by atoms with Crippen molar-refractivity contribution in [3.8, 4) is 5.75 Å². The van der Waals surface area contributed by atoms with Crippen LogP contribution in [0.15, 0.2) is 24.3 Å². The molecule has 0 radical (unpaired) electrons. The Bertz CT molecular complexity index is 1220. The molecule has 9 N–H and O–H groups in total. The van der Waals surface area contributed by atoms with Gasteiger partial charge in [0.1, 0.15) is 29.9 Å². The van der Waals surface area contributed by atoms with Gasteiger partial charge in [-0.1, -0.05) is 39.8 Å². The van der Waals surface area contributed by atoms with Gasteiger partial charge in [-0.05, 0) is 36.0 Å². The molecule has 0 saturated carbocycles. The minimum atomic E-state index is -4.80. The lowest BCUT2D eigenvalue weighted by atomic mass is 9.99. The summed E-state index contributed by atoms with van der Waals surface area (Å²) in [5.74, 6) is -6.09. The Kier molecular flexibility index (Phi) is 14.3. The lowest BCUT2D eigenvalue weighted by Gasteiger charge is -2.27. The number of nitrogens with two attached hydrogens (primary N) is 1. The number of primary amides is 1. The first-order valence-corrected chi connectivity index (χ1v) is 14.9. The molecule has 0 aliphatic carbocycles. The third-order valence-corrected chi connectivity index (χ3v) is 6.36. The Balaban J connectivity index is 3.13. The first-order valence-electron chi connectivity index (χ1n) is 13.3. The van der Waals surface area contributed by atoms with Crippen LogP contribution >= 0.6 is 7.82 Å². The first-order chi connectivity index (χ1) is 19.8. The lowest BCUT2D eigenvalue weighted by molar-refractivity contribution is -0.141. The number of carboxylic acids is 1. The fraction of sp³-hybridized carbons (Fsp3) is 0.538. The fourth-order valence-electron chi connectivity index (χ4n) is 3.94. The summed E-state index contributed by atoms with van der Waals surface area (Å²) in [6.07, 6.45) is -0.756. The molecule has 0 saturated heterocycles. The van der Waals surface area contributed by atoms with E-state index in [1.807, 2.05) is 13.8 Å². The average molecular weight is 630 g/mol. The van der Waals surface area contributed by atoms with Crippen molar-refractivity contribution < 1.29 is 52.7 Å². The number of carbonyl (C=O) groups is 6. The van der Waals surface area contributed by atoms with Gasteiger partial charge < -0.3 is 36.6 Å². The topological polar surface area (TPSA) is 264 Å². The molecule has 0 spiro atoms. The second-order valence-corrected chi connectivity index (χ2v) is 11.8. The van der Waals surface area contributed by atoms with Crippen LogP contribution in [-0.2, 0) is 39.8 Å². The van der Waals surface area contributed by atoms with Crippen molar-refractivity contribution in [2.75, 3.05) is 0 Å². The molecule has 0 heterocycles. The van der Waals surface area contributed by atoms with Crippen LogP contribution in [0.2, 0.25) is 0 Å². The van der Waals surface area contributed by atoms with E-state index < -0.39 is 79.8 Å². The number of hydrogen-bond donors (Lipinski definition) is 8. The smallest absolute Gasteiger partial charge is 0.481 e. The molecule has 16 nitrogen and oxygen atoms in total. The minimum absolute atomic E-state index is 0.0163. The third kappa shape index (κ3) is 14.1. The van der Waals surface area contributed by atoms with Crippen LogP contribution in [-0.4, -0.2) is 74.6 Å². The van der Waals surface area contributed by atoms with Crippen molar-refractivity contribution in [3.63, 3.8) is 0 Å². The maximum Gasteiger partial charge on any atom is 0.524 e. The number of phosphoric acid groups is 1. The van der Waals surface area contributed by atoms with Gasteiger partial charge in [-0.2, -0.15) is 0 Å². The van der Waals surface area contributed by atoms with Gasteiger partial charge in [0.25, 0.3) is 0 Å². The van der Waals surface area contributed by atoms with Crippen LogP contribution in [0, 0.1) is 11.8 Å². The summed E-state index contributed by atoms with van der Waals surface area (Å²) >= 11 is 0. The molecule has 1 aromatic rings. The normalized spacial score (nSPS) is 14.2. The van der Waals surface area contributed by atoms with Crippen molar-refractivity contribution in [3.05, 3.63) is 29.8 Å². The highest BCUT2D eigenvalue weighted by atomic mass is 31.2. The van der Waals surface area contributed by atoms with E-state index in [9.17, 15) is 38.4 Å². The van der Waals surface area contributed by atoms with Gasteiger partial charge in [0.05, 0.1) is 6.42 Å². The van der Waals surface area contributed by atoms with Gasteiger partial charge in [0.15, 0.2) is 0 Å². The van der Waals surface area contributed by atoms with Gasteiger partial charge in [0, 0.05) is 13.3 Å². The van der Waals surface area contributed by atoms with Crippen LogP contribution < -0.4 is 31.5 Å².